The molecule has 1 fully saturated rings. The SMILES string of the molecule is Cc1ccccc1CC(Br)C1CCCCCC1. The molecule has 0 amide bonds. The summed E-state index contributed by atoms with van der Waals surface area (Å²) in [6.45, 7) is 2.22. The van der Waals surface area contributed by atoms with E-state index in [0.717, 1.165) is 5.92 Å². The lowest BCUT2D eigenvalue weighted by molar-refractivity contribution is 0.445. The monoisotopic (exact) mass is 294 g/mol. The molecule has 2 rings (SSSR count). The Morgan fingerprint density at radius 1 is 1.12 bits per heavy atom. The van der Waals surface area contributed by atoms with Crippen LogP contribution < -0.4 is 0 Å². The first-order valence-electron chi connectivity index (χ1n) is 6.96. The highest BCUT2D eigenvalue weighted by atomic mass is 79.9. The third-order valence-corrected chi connectivity index (χ3v) is 5.16. The van der Waals surface area contributed by atoms with Gasteiger partial charge in [-0.25, -0.2) is 0 Å². The van der Waals surface area contributed by atoms with Crippen LogP contribution in [0.4, 0.5) is 0 Å². The van der Waals surface area contributed by atoms with Crippen molar-refractivity contribution in [3.63, 3.8) is 0 Å². The first kappa shape index (κ1) is 13.1. The zero-order valence-electron chi connectivity index (χ0n) is 10.8. The van der Waals surface area contributed by atoms with Gasteiger partial charge in [-0.05, 0) is 43.2 Å². The topological polar surface area (TPSA) is 0 Å². The molecule has 0 spiro atoms. The van der Waals surface area contributed by atoms with Gasteiger partial charge in [-0.1, -0.05) is 65.9 Å². The van der Waals surface area contributed by atoms with Crippen LogP contribution in [0.25, 0.3) is 0 Å². The fourth-order valence-corrected chi connectivity index (χ4v) is 3.77. The molecule has 0 nitrogen and oxygen atoms in total. The van der Waals surface area contributed by atoms with Gasteiger partial charge in [0.25, 0.3) is 0 Å². The third kappa shape index (κ3) is 3.84. The molecule has 1 aliphatic rings. The van der Waals surface area contributed by atoms with Crippen LogP contribution in [-0.4, -0.2) is 4.83 Å². The summed E-state index contributed by atoms with van der Waals surface area (Å²) in [4.78, 5) is 0.668. The molecular weight excluding hydrogens is 272 g/mol. The van der Waals surface area contributed by atoms with Crippen LogP contribution in [0.1, 0.15) is 49.7 Å². The van der Waals surface area contributed by atoms with Crippen molar-refractivity contribution >= 4 is 15.9 Å². The van der Waals surface area contributed by atoms with Crippen molar-refractivity contribution in [2.45, 2.75) is 56.7 Å². The maximum Gasteiger partial charge on any atom is 0.0214 e. The van der Waals surface area contributed by atoms with Gasteiger partial charge in [0.2, 0.25) is 0 Å². The molecule has 0 heterocycles. The van der Waals surface area contributed by atoms with E-state index in [-0.39, 0.29) is 0 Å². The average molecular weight is 295 g/mol. The second-order valence-electron chi connectivity index (χ2n) is 5.40. The molecule has 0 aliphatic heterocycles. The summed E-state index contributed by atoms with van der Waals surface area (Å²) in [5.41, 5.74) is 2.95. The Bertz CT molecular complexity index is 337. The predicted octanol–water partition coefficient (Wildman–Crippen LogP) is 5.27. The molecule has 0 N–H and O–H groups in total. The summed E-state index contributed by atoms with van der Waals surface area (Å²) >= 11 is 3.95. The van der Waals surface area contributed by atoms with Crippen molar-refractivity contribution in [1.82, 2.24) is 0 Å². The van der Waals surface area contributed by atoms with Crippen LogP contribution >= 0.6 is 15.9 Å². The number of halogens is 1. The van der Waals surface area contributed by atoms with E-state index >= 15 is 0 Å². The standard InChI is InChI=1S/C16H23Br/c1-13-8-6-7-11-15(13)12-16(17)14-9-4-2-3-5-10-14/h6-8,11,14,16H,2-5,9-10,12H2,1H3. The second-order valence-corrected chi connectivity index (χ2v) is 6.57. The number of hydrogen-bond acceptors (Lipinski definition) is 0. The van der Waals surface area contributed by atoms with Crippen LogP contribution in [0.5, 0.6) is 0 Å². The average Bonchev–Trinajstić information content (AvgIpc) is 2.61. The molecule has 1 aromatic carbocycles. The van der Waals surface area contributed by atoms with Gasteiger partial charge in [0, 0.05) is 4.83 Å². The van der Waals surface area contributed by atoms with E-state index in [1.54, 1.807) is 0 Å². The molecule has 1 aromatic rings. The molecule has 0 bridgehead atoms. The van der Waals surface area contributed by atoms with Gasteiger partial charge >= 0.3 is 0 Å². The van der Waals surface area contributed by atoms with Crippen LogP contribution in [0.15, 0.2) is 24.3 Å². The second kappa shape index (κ2) is 6.58. The smallest absolute Gasteiger partial charge is 0.0214 e. The minimum absolute atomic E-state index is 0.668. The van der Waals surface area contributed by atoms with E-state index in [4.69, 9.17) is 0 Å². The van der Waals surface area contributed by atoms with Gasteiger partial charge in [-0.15, -0.1) is 0 Å². The van der Waals surface area contributed by atoms with Gasteiger partial charge in [0.1, 0.15) is 0 Å². The minimum atomic E-state index is 0.668. The van der Waals surface area contributed by atoms with Crippen molar-refractivity contribution in [3.8, 4) is 0 Å². The Balaban J connectivity index is 1.95. The quantitative estimate of drug-likeness (QED) is 0.526. The lowest BCUT2D eigenvalue weighted by Gasteiger charge is -2.21. The van der Waals surface area contributed by atoms with E-state index in [1.807, 2.05) is 0 Å². The van der Waals surface area contributed by atoms with Crippen molar-refractivity contribution in [2.24, 2.45) is 5.92 Å². The zero-order chi connectivity index (χ0) is 12.1. The molecule has 1 aliphatic carbocycles. The minimum Gasteiger partial charge on any atom is -0.0884 e. The van der Waals surface area contributed by atoms with Crippen LogP contribution in [0.3, 0.4) is 0 Å². The molecule has 0 aromatic heterocycles. The Labute approximate surface area is 114 Å². The molecule has 0 saturated heterocycles. The molecular formula is C16H23Br. The van der Waals surface area contributed by atoms with Crippen LogP contribution in [-0.2, 0) is 6.42 Å². The number of hydrogen-bond donors (Lipinski definition) is 0. The number of rotatable bonds is 3. The Morgan fingerprint density at radius 3 is 2.41 bits per heavy atom. The summed E-state index contributed by atoms with van der Waals surface area (Å²) in [5.74, 6) is 0.886. The van der Waals surface area contributed by atoms with E-state index in [9.17, 15) is 0 Å². The summed E-state index contributed by atoms with van der Waals surface area (Å²) in [5, 5.41) is 0. The van der Waals surface area contributed by atoms with Gasteiger partial charge < -0.3 is 0 Å². The van der Waals surface area contributed by atoms with Gasteiger partial charge in [0.15, 0.2) is 0 Å². The van der Waals surface area contributed by atoms with E-state index < -0.39 is 0 Å². The Morgan fingerprint density at radius 2 is 1.76 bits per heavy atom. The maximum atomic E-state index is 3.95. The lowest BCUT2D eigenvalue weighted by Crippen LogP contribution is -2.17. The predicted molar refractivity (Wildman–Crippen MR) is 78.8 cm³/mol. The maximum absolute atomic E-state index is 3.95. The number of aryl methyl sites for hydroxylation is 1. The fourth-order valence-electron chi connectivity index (χ4n) is 2.89. The van der Waals surface area contributed by atoms with Crippen molar-refractivity contribution in [1.29, 1.82) is 0 Å². The summed E-state index contributed by atoms with van der Waals surface area (Å²) in [6, 6.07) is 8.80. The molecule has 1 heteroatoms. The van der Waals surface area contributed by atoms with Gasteiger partial charge in [-0.3, -0.25) is 0 Å². The normalized spacial score (nSPS) is 19.9. The first-order chi connectivity index (χ1) is 8.27. The number of benzene rings is 1. The van der Waals surface area contributed by atoms with Crippen molar-refractivity contribution < 1.29 is 0 Å². The van der Waals surface area contributed by atoms with E-state index in [0.29, 0.717) is 4.83 Å². The summed E-state index contributed by atoms with van der Waals surface area (Å²) in [6.07, 6.45) is 9.78. The fraction of sp³-hybridized carbons (Fsp3) is 0.625. The molecule has 94 valence electrons. The molecule has 1 saturated carbocycles. The molecule has 1 atom stereocenters. The first-order valence-corrected chi connectivity index (χ1v) is 7.87. The zero-order valence-corrected chi connectivity index (χ0v) is 12.4. The molecule has 1 unspecified atom stereocenters. The summed E-state index contributed by atoms with van der Waals surface area (Å²) in [7, 11) is 0. The van der Waals surface area contributed by atoms with Crippen LogP contribution in [0.2, 0.25) is 0 Å². The van der Waals surface area contributed by atoms with Crippen molar-refractivity contribution in [2.75, 3.05) is 0 Å². The molecule has 0 radical (unpaired) electrons. The highest BCUT2D eigenvalue weighted by molar-refractivity contribution is 9.09. The highest BCUT2D eigenvalue weighted by Gasteiger charge is 2.20. The number of alkyl halides is 1. The van der Waals surface area contributed by atoms with Gasteiger partial charge in [0.05, 0.1) is 0 Å². The largest absolute Gasteiger partial charge is 0.0884 e. The highest BCUT2D eigenvalue weighted by Crippen LogP contribution is 2.31. The third-order valence-electron chi connectivity index (χ3n) is 4.09. The molecule has 17 heavy (non-hydrogen) atoms. The van der Waals surface area contributed by atoms with Crippen LogP contribution in [0, 0.1) is 12.8 Å². The van der Waals surface area contributed by atoms with E-state index in [2.05, 4.69) is 47.1 Å². The summed E-state index contributed by atoms with van der Waals surface area (Å²) < 4.78 is 0. The Hall–Kier alpha value is -0.300. The van der Waals surface area contributed by atoms with Gasteiger partial charge in [-0.2, -0.15) is 0 Å². The van der Waals surface area contributed by atoms with Crippen molar-refractivity contribution in [3.05, 3.63) is 35.4 Å². The Kier molecular flexibility index (Phi) is 5.09. The lowest BCUT2D eigenvalue weighted by atomic mass is 9.91. The van der Waals surface area contributed by atoms with E-state index in [1.165, 1.54) is 56.1 Å².